The minimum Gasteiger partial charge on any atom is -0.390 e. The summed E-state index contributed by atoms with van der Waals surface area (Å²) in [6.07, 6.45) is 3.16. The third-order valence-corrected chi connectivity index (χ3v) is 4.21. The molecule has 0 aromatic carbocycles. The fourth-order valence-electron chi connectivity index (χ4n) is 1.92. The summed E-state index contributed by atoms with van der Waals surface area (Å²) >= 11 is 0. The van der Waals surface area contributed by atoms with Crippen molar-refractivity contribution in [2.45, 2.75) is 31.4 Å². The predicted molar refractivity (Wildman–Crippen MR) is 74.8 cm³/mol. The second-order valence-electron chi connectivity index (χ2n) is 4.81. The van der Waals surface area contributed by atoms with Crippen molar-refractivity contribution in [3.63, 3.8) is 0 Å². The smallest absolute Gasteiger partial charge is 0.264 e. The summed E-state index contributed by atoms with van der Waals surface area (Å²) in [6, 6.07) is 3.10. The van der Waals surface area contributed by atoms with Crippen LogP contribution in [0.5, 0.6) is 0 Å². The molecule has 0 aliphatic carbocycles. The highest BCUT2D eigenvalue weighted by Gasteiger charge is 2.20. The summed E-state index contributed by atoms with van der Waals surface area (Å²) in [5.74, 6) is 0.260. The lowest BCUT2D eigenvalue weighted by Crippen LogP contribution is -2.13. The molecule has 2 rings (SSSR count). The summed E-state index contributed by atoms with van der Waals surface area (Å²) in [5, 5.41) is 13.3. The van der Waals surface area contributed by atoms with Crippen LogP contribution in [0.25, 0.3) is 0 Å². The number of sulfonamides is 1. The van der Waals surface area contributed by atoms with Crippen LogP contribution in [0.15, 0.2) is 29.4 Å². The number of rotatable bonds is 5. The van der Waals surface area contributed by atoms with Crippen LogP contribution < -0.4 is 4.72 Å². The Labute approximate surface area is 117 Å². The zero-order valence-electron chi connectivity index (χ0n) is 11.6. The van der Waals surface area contributed by atoms with Gasteiger partial charge < -0.3 is 9.67 Å². The molecule has 0 unspecified atom stereocenters. The van der Waals surface area contributed by atoms with Crippen LogP contribution in [-0.2, 0) is 23.7 Å². The minimum absolute atomic E-state index is 0.0657. The van der Waals surface area contributed by atoms with Gasteiger partial charge in [-0.2, -0.15) is 5.10 Å². The van der Waals surface area contributed by atoms with E-state index in [0.717, 1.165) is 0 Å². The Morgan fingerprint density at radius 2 is 2.15 bits per heavy atom. The van der Waals surface area contributed by atoms with Crippen molar-refractivity contribution in [3.05, 3.63) is 30.2 Å². The average Bonchev–Trinajstić information content (AvgIpc) is 2.95. The topological polar surface area (TPSA) is 89.2 Å². The van der Waals surface area contributed by atoms with Gasteiger partial charge in [-0.25, -0.2) is 8.42 Å². The second-order valence-corrected chi connectivity index (χ2v) is 6.49. The Hall–Kier alpha value is -1.80. The van der Waals surface area contributed by atoms with E-state index >= 15 is 0 Å². The SMILES string of the molecule is CC(C)n1cc(S(=O)(=O)Nc2ccn(C)n2)cc1CO. The predicted octanol–water partition coefficient (Wildman–Crippen LogP) is 1.10. The molecule has 110 valence electrons. The van der Waals surface area contributed by atoms with Gasteiger partial charge in [-0.1, -0.05) is 0 Å². The lowest BCUT2D eigenvalue weighted by atomic mass is 10.3. The molecule has 0 aliphatic heterocycles. The summed E-state index contributed by atoms with van der Waals surface area (Å²) in [6.45, 7) is 3.63. The monoisotopic (exact) mass is 298 g/mol. The van der Waals surface area contributed by atoms with Crippen molar-refractivity contribution in [1.29, 1.82) is 0 Å². The molecular weight excluding hydrogens is 280 g/mol. The standard InChI is InChI=1S/C12H18N4O3S/c1-9(2)16-7-11(6-10(16)8-17)20(18,19)14-12-4-5-15(3)13-12/h4-7,9,17H,8H2,1-3H3,(H,13,14). The van der Waals surface area contributed by atoms with E-state index in [-0.39, 0.29) is 23.4 Å². The van der Waals surface area contributed by atoms with Crippen LogP contribution in [0.1, 0.15) is 25.6 Å². The average molecular weight is 298 g/mol. The third kappa shape index (κ3) is 2.86. The van der Waals surface area contributed by atoms with Gasteiger partial charge in [0.25, 0.3) is 10.0 Å². The van der Waals surface area contributed by atoms with Gasteiger partial charge in [0.15, 0.2) is 5.82 Å². The highest BCUT2D eigenvalue weighted by Crippen LogP contribution is 2.21. The molecule has 8 heteroatoms. The molecule has 7 nitrogen and oxygen atoms in total. The molecule has 0 radical (unpaired) electrons. The Bertz CT molecular complexity index is 700. The van der Waals surface area contributed by atoms with Gasteiger partial charge in [0.05, 0.1) is 6.61 Å². The first-order valence-electron chi connectivity index (χ1n) is 6.17. The number of aromatic nitrogens is 3. The number of hydrogen-bond donors (Lipinski definition) is 2. The van der Waals surface area contributed by atoms with Gasteiger partial charge in [0.2, 0.25) is 0 Å². The summed E-state index contributed by atoms with van der Waals surface area (Å²) in [4.78, 5) is 0.112. The Kier molecular flexibility index (Phi) is 3.87. The van der Waals surface area contributed by atoms with Gasteiger partial charge in [0.1, 0.15) is 4.90 Å². The highest BCUT2D eigenvalue weighted by molar-refractivity contribution is 7.92. The number of nitrogens with zero attached hydrogens (tertiary/aromatic N) is 3. The maximum absolute atomic E-state index is 12.3. The summed E-state index contributed by atoms with van der Waals surface area (Å²) in [7, 11) is -2.00. The van der Waals surface area contributed by atoms with Crippen molar-refractivity contribution >= 4 is 15.8 Å². The zero-order valence-corrected chi connectivity index (χ0v) is 12.4. The second kappa shape index (κ2) is 5.29. The molecule has 2 aromatic heterocycles. The van der Waals surface area contributed by atoms with Crippen LogP contribution in [0.3, 0.4) is 0 Å². The zero-order chi connectivity index (χ0) is 14.9. The van der Waals surface area contributed by atoms with E-state index in [1.807, 2.05) is 13.8 Å². The molecule has 0 atom stereocenters. The molecule has 2 aromatic rings. The molecule has 0 fully saturated rings. The van der Waals surface area contributed by atoms with Crippen molar-refractivity contribution in [2.75, 3.05) is 4.72 Å². The molecule has 0 saturated heterocycles. The maximum atomic E-state index is 12.3. The molecule has 0 amide bonds. The number of aliphatic hydroxyl groups excluding tert-OH is 1. The number of aryl methyl sites for hydroxylation is 1. The van der Waals surface area contributed by atoms with Crippen LogP contribution in [0.4, 0.5) is 5.82 Å². The van der Waals surface area contributed by atoms with E-state index in [2.05, 4.69) is 9.82 Å². The summed E-state index contributed by atoms with van der Waals surface area (Å²) in [5.41, 5.74) is 0.557. The molecule has 0 bridgehead atoms. The van der Waals surface area contributed by atoms with E-state index in [4.69, 9.17) is 0 Å². The van der Waals surface area contributed by atoms with Gasteiger partial charge in [-0.15, -0.1) is 0 Å². The molecule has 20 heavy (non-hydrogen) atoms. The molecule has 2 heterocycles. The highest BCUT2D eigenvalue weighted by atomic mass is 32.2. The Morgan fingerprint density at radius 3 is 2.60 bits per heavy atom. The normalized spacial score (nSPS) is 12.1. The molecule has 0 aliphatic rings. The minimum atomic E-state index is -3.70. The molecular formula is C12H18N4O3S. The molecule has 2 N–H and O–H groups in total. The largest absolute Gasteiger partial charge is 0.390 e. The Balaban J connectivity index is 2.34. The number of aliphatic hydroxyl groups is 1. The number of anilines is 1. The van der Waals surface area contributed by atoms with Gasteiger partial charge >= 0.3 is 0 Å². The molecule has 0 saturated carbocycles. The maximum Gasteiger partial charge on any atom is 0.264 e. The fourth-order valence-corrected chi connectivity index (χ4v) is 2.96. The van der Waals surface area contributed by atoms with Gasteiger partial charge in [-0.3, -0.25) is 9.40 Å². The van der Waals surface area contributed by atoms with E-state index in [9.17, 15) is 13.5 Å². The van der Waals surface area contributed by atoms with Crippen LogP contribution in [-0.4, -0.2) is 27.9 Å². The Morgan fingerprint density at radius 1 is 1.45 bits per heavy atom. The van der Waals surface area contributed by atoms with Crippen molar-refractivity contribution in [1.82, 2.24) is 14.3 Å². The van der Waals surface area contributed by atoms with Crippen molar-refractivity contribution < 1.29 is 13.5 Å². The van der Waals surface area contributed by atoms with E-state index in [1.165, 1.54) is 16.9 Å². The van der Waals surface area contributed by atoms with Crippen LogP contribution in [0, 0.1) is 0 Å². The first-order chi connectivity index (χ1) is 9.33. The van der Waals surface area contributed by atoms with Crippen molar-refractivity contribution in [2.24, 2.45) is 7.05 Å². The van der Waals surface area contributed by atoms with Crippen LogP contribution in [0.2, 0.25) is 0 Å². The van der Waals surface area contributed by atoms with E-state index < -0.39 is 10.0 Å². The van der Waals surface area contributed by atoms with E-state index in [1.54, 1.807) is 23.9 Å². The van der Waals surface area contributed by atoms with E-state index in [0.29, 0.717) is 5.69 Å². The lowest BCUT2D eigenvalue weighted by molar-refractivity contribution is 0.268. The quantitative estimate of drug-likeness (QED) is 0.865. The first-order valence-corrected chi connectivity index (χ1v) is 7.66. The number of nitrogens with one attached hydrogen (secondary N) is 1. The van der Waals surface area contributed by atoms with Gasteiger partial charge in [-0.05, 0) is 19.9 Å². The van der Waals surface area contributed by atoms with Crippen molar-refractivity contribution in [3.8, 4) is 0 Å². The third-order valence-electron chi connectivity index (χ3n) is 2.89. The fraction of sp³-hybridized carbons (Fsp3) is 0.417. The summed E-state index contributed by atoms with van der Waals surface area (Å²) < 4.78 is 30.2. The number of hydrogen-bond acceptors (Lipinski definition) is 4. The lowest BCUT2D eigenvalue weighted by Gasteiger charge is -2.10. The van der Waals surface area contributed by atoms with Gasteiger partial charge in [0, 0.05) is 37.2 Å². The first kappa shape index (κ1) is 14.6. The van der Waals surface area contributed by atoms with Crippen LogP contribution >= 0.6 is 0 Å². The molecule has 0 spiro atoms.